The Bertz CT molecular complexity index is 547. The number of unbranched alkanes of at least 4 members (excludes halogenated alkanes) is 2. The Morgan fingerprint density at radius 3 is 2.23 bits per heavy atom. The predicted molar refractivity (Wildman–Crippen MR) is 77.9 cm³/mol. The molecule has 0 unspecified atom stereocenters. The van der Waals surface area contributed by atoms with E-state index in [1.54, 1.807) is 0 Å². The number of aliphatic carboxylic acids is 1. The minimum absolute atomic E-state index is 0.0282. The number of phenolic OH excluding ortho intramolecular Hbond substituents is 3. The summed E-state index contributed by atoms with van der Waals surface area (Å²) in [6, 6.07) is 2.07. The van der Waals surface area contributed by atoms with Gasteiger partial charge in [-0.05, 0) is 12.8 Å². The molecule has 0 spiro atoms. The van der Waals surface area contributed by atoms with Gasteiger partial charge in [-0.3, -0.25) is 9.59 Å². The van der Waals surface area contributed by atoms with Gasteiger partial charge in [-0.1, -0.05) is 6.42 Å². The number of nitrogens with one attached hydrogen (secondary N) is 1. The zero-order chi connectivity index (χ0) is 16.5. The van der Waals surface area contributed by atoms with Crippen LogP contribution in [-0.2, 0) is 9.59 Å². The minimum atomic E-state index is -0.859. The van der Waals surface area contributed by atoms with Gasteiger partial charge in [0.05, 0.1) is 11.8 Å². The molecule has 1 amide bonds. The molecule has 8 nitrogen and oxygen atoms in total. The van der Waals surface area contributed by atoms with Crippen molar-refractivity contribution in [1.82, 2.24) is 5.43 Å². The lowest BCUT2D eigenvalue weighted by Gasteiger charge is -2.03. The Morgan fingerprint density at radius 1 is 1.05 bits per heavy atom. The van der Waals surface area contributed by atoms with Gasteiger partial charge in [-0.15, -0.1) is 0 Å². The van der Waals surface area contributed by atoms with Crippen LogP contribution in [0, 0.1) is 0 Å². The average Bonchev–Trinajstić information content (AvgIpc) is 2.41. The third-order valence-electron chi connectivity index (χ3n) is 2.80. The topological polar surface area (TPSA) is 139 Å². The van der Waals surface area contributed by atoms with Crippen LogP contribution in [0.3, 0.4) is 0 Å². The van der Waals surface area contributed by atoms with Crippen LogP contribution in [0.1, 0.15) is 37.7 Å². The summed E-state index contributed by atoms with van der Waals surface area (Å²) in [7, 11) is 0. The molecule has 120 valence electrons. The Balaban J connectivity index is 2.36. The van der Waals surface area contributed by atoms with Crippen LogP contribution in [0.15, 0.2) is 17.2 Å². The molecule has 22 heavy (non-hydrogen) atoms. The highest BCUT2D eigenvalue weighted by atomic mass is 16.4. The lowest BCUT2D eigenvalue weighted by molar-refractivity contribution is -0.137. The number of benzene rings is 1. The number of carboxylic acids is 1. The first-order chi connectivity index (χ1) is 10.4. The Kier molecular flexibility index (Phi) is 6.68. The van der Waals surface area contributed by atoms with Crippen molar-refractivity contribution in [3.05, 3.63) is 17.7 Å². The number of aromatic hydroxyl groups is 3. The lowest BCUT2D eigenvalue weighted by atomic mass is 10.1. The summed E-state index contributed by atoms with van der Waals surface area (Å²) in [5.74, 6) is -2.25. The van der Waals surface area contributed by atoms with Gasteiger partial charge in [0.15, 0.2) is 0 Å². The fourth-order valence-corrected chi connectivity index (χ4v) is 1.70. The number of phenols is 3. The summed E-state index contributed by atoms with van der Waals surface area (Å²) in [5, 5.41) is 40.2. The van der Waals surface area contributed by atoms with Gasteiger partial charge in [0.25, 0.3) is 0 Å². The SMILES string of the molecule is O=C(O)CCCCCC(=O)N/N=C/c1c(O)cc(O)cc1O. The van der Waals surface area contributed by atoms with Crippen molar-refractivity contribution in [3.63, 3.8) is 0 Å². The van der Waals surface area contributed by atoms with E-state index in [1.165, 1.54) is 0 Å². The van der Waals surface area contributed by atoms with Gasteiger partial charge in [0.1, 0.15) is 17.2 Å². The fraction of sp³-hybridized carbons (Fsp3) is 0.357. The van der Waals surface area contributed by atoms with Crippen LogP contribution in [-0.4, -0.2) is 38.5 Å². The molecule has 0 aliphatic carbocycles. The number of carboxylic acid groups (broad SMARTS) is 1. The van der Waals surface area contributed by atoms with Crippen molar-refractivity contribution in [2.45, 2.75) is 32.1 Å². The van der Waals surface area contributed by atoms with E-state index < -0.39 is 5.97 Å². The Morgan fingerprint density at radius 2 is 1.64 bits per heavy atom. The van der Waals surface area contributed by atoms with Crippen molar-refractivity contribution in [1.29, 1.82) is 0 Å². The molecule has 5 N–H and O–H groups in total. The molecule has 0 radical (unpaired) electrons. The van der Waals surface area contributed by atoms with E-state index in [9.17, 15) is 19.8 Å². The molecule has 0 aromatic heterocycles. The molecular formula is C14H18N2O6. The third kappa shape index (κ3) is 6.12. The molecule has 1 rings (SSSR count). The molecule has 1 aromatic carbocycles. The first-order valence-corrected chi connectivity index (χ1v) is 6.68. The molecule has 0 saturated carbocycles. The van der Waals surface area contributed by atoms with Crippen molar-refractivity contribution in [2.75, 3.05) is 0 Å². The smallest absolute Gasteiger partial charge is 0.303 e. The summed E-state index contributed by atoms with van der Waals surface area (Å²) < 4.78 is 0. The van der Waals surface area contributed by atoms with E-state index >= 15 is 0 Å². The van der Waals surface area contributed by atoms with Crippen LogP contribution < -0.4 is 5.43 Å². The molecule has 1 aromatic rings. The molecule has 0 aliphatic rings. The maximum atomic E-state index is 11.4. The van der Waals surface area contributed by atoms with Crippen LogP contribution in [0.5, 0.6) is 17.2 Å². The molecule has 8 heteroatoms. The molecular weight excluding hydrogens is 292 g/mol. The summed E-state index contributed by atoms with van der Waals surface area (Å²) in [6.07, 6.45) is 3.03. The number of hydrogen-bond donors (Lipinski definition) is 5. The highest BCUT2D eigenvalue weighted by Gasteiger charge is 2.07. The molecule has 0 bridgehead atoms. The summed E-state index contributed by atoms with van der Waals surface area (Å²) in [6.45, 7) is 0. The second-order valence-corrected chi connectivity index (χ2v) is 4.65. The quantitative estimate of drug-likeness (QED) is 0.278. The third-order valence-corrected chi connectivity index (χ3v) is 2.80. The van der Waals surface area contributed by atoms with Gasteiger partial charge in [0, 0.05) is 25.0 Å². The van der Waals surface area contributed by atoms with Gasteiger partial charge in [-0.25, -0.2) is 5.43 Å². The maximum Gasteiger partial charge on any atom is 0.303 e. The van der Waals surface area contributed by atoms with E-state index in [1.807, 2.05) is 0 Å². The lowest BCUT2D eigenvalue weighted by Crippen LogP contribution is -2.16. The first-order valence-electron chi connectivity index (χ1n) is 6.68. The van der Waals surface area contributed by atoms with Crippen molar-refractivity contribution >= 4 is 18.1 Å². The highest BCUT2D eigenvalue weighted by molar-refractivity contribution is 5.88. The van der Waals surface area contributed by atoms with E-state index in [0.717, 1.165) is 18.3 Å². The predicted octanol–water partition coefficient (Wildman–Crippen LogP) is 1.29. The van der Waals surface area contributed by atoms with Gasteiger partial charge < -0.3 is 20.4 Å². The van der Waals surface area contributed by atoms with E-state index in [-0.39, 0.29) is 41.6 Å². The van der Waals surface area contributed by atoms with Crippen LogP contribution in [0.2, 0.25) is 0 Å². The number of nitrogens with zero attached hydrogens (tertiary/aromatic N) is 1. The minimum Gasteiger partial charge on any atom is -0.508 e. The van der Waals surface area contributed by atoms with Crippen LogP contribution >= 0.6 is 0 Å². The normalized spacial score (nSPS) is 10.7. The van der Waals surface area contributed by atoms with Crippen LogP contribution in [0.4, 0.5) is 0 Å². The second-order valence-electron chi connectivity index (χ2n) is 4.65. The summed E-state index contributed by atoms with van der Waals surface area (Å²) in [4.78, 5) is 21.7. The number of carbonyl (C=O) groups excluding carboxylic acids is 1. The van der Waals surface area contributed by atoms with Gasteiger partial charge in [-0.2, -0.15) is 5.10 Å². The zero-order valence-corrected chi connectivity index (χ0v) is 11.8. The number of rotatable bonds is 8. The Labute approximate surface area is 126 Å². The van der Waals surface area contributed by atoms with Crippen molar-refractivity contribution < 1.29 is 30.0 Å². The van der Waals surface area contributed by atoms with Crippen molar-refractivity contribution in [3.8, 4) is 17.2 Å². The van der Waals surface area contributed by atoms with Gasteiger partial charge in [0.2, 0.25) is 5.91 Å². The number of hydrogen-bond acceptors (Lipinski definition) is 6. The summed E-state index contributed by atoms with van der Waals surface area (Å²) >= 11 is 0. The zero-order valence-electron chi connectivity index (χ0n) is 11.8. The van der Waals surface area contributed by atoms with Crippen LogP contribution in [0.25, 0.3) is 0 Å². The number of carbonyl (C=O) groups is 2. The molecule has 0 heterocycles. The standard InChI is InChI=1S/C14H18N2O6/c17-9-6-11(18)10(12(19)7-9)8-15-16-13(20)4-2-1-3-5-14(21)22/h6-8,17-19H,1-5H2,(H,16,20)(H,21,22)/b15-8+. The maximum absolute atomic E-state index is 11.4. The van der Waals surface area contributed by atoms with Gasteiger partial charge >= 0.3 is 5.97 Å². The monoisotopic (exact) mass is 310 g/mol. The average molecular weight is 310 g/mol. The number of hydrazone groups is 1. The van der Waals surface area contributed by atoms with Crippen molar-refractivity contribution in [2.24, 2.45) is 5.10 Å². The number of amides is 1. The fourth-order valence-electron chi connectivity index (χ4n) is 1.70. The first kappa shape index (κ1) is 17.3. The molecule has 0 saturated heterocycles. The Hall–Kier alpha value is -2.77. The largest absolute Gasteiger partial charge is 0.508 e. The van der Waals surface area contributed by atoms with E-state index in [0.29, 0.717) is 19.3 Å². The highest BCUT2D eigenvalue weighted by Crippen LogP contribution is 2.30. The second kappa shape index (κ2) is 8.50. The molecule has 0 fully saturated rings. The van der Waals surface area contributed by atoms with E-state index in [2.05, 4.69) is 10.5 Å². The molecule has 0 aliphatic heterocycles. The van der Waals surface area contributed by atoms with E-state index in [4.69, 9.17) is 10.2 Å². The summed E-state index contributed by atoms with van der Waals surface area (Å²) in [5.41, 5.74) is 2.20. The molecule has 0 atom stereocenters.